The third-order valence-corrected chi connectivity index (χ3v) is 3.40. The van der Waals surface area contributed by atoms with E-state index in [1.54, 1.807) is 42.6 Å². The number of nitrogens with one attached hydrogen (secondary N) is 1. The number of anilines is 2. The first-order valence-electron chi connectivity index (χ1n) is 5.63. The fourth-order valence-electron chi connectivity index (χ4n) is 1.62. The molecule has 1 aromatic carbocycles. The van der Waals surface area contributed by atoms with Crippen molar-refractivity contribution >= 4 is 40.3 Å². The van der Waals surface area contributed by atoms with Crippen LogP contribution in [0.3, 0.4) is 0 Å². The van der Waals surface area contributed by atoms with Crippen LogP contribution in [0.15, 0.2) is 47.5 Å². The van der Waals surface area contributed by atoms with Crippen molar-refractivity contribution in [3.05, 3.63) is 48.3 Å². The average molecular weight is 311 g/mol. The molecule has 0 amide bonds. The van der Waals surface area contributed by atoms with Gasteiger partial charge in [-0.25, -0.2) is 0 Å². The predicted molar refractivity (Wildman–Crippen MR) is 81.7 cm³/mol. The van der Waals surface area contributed by atoms with Crippen LogP contribution >= 0.6 is 24.0 Å². The molecule has 104 valence electrons. The number of aromatic nitrogens is 1. The van der Waals surface area contributed by atoms with Crippen molar-refractivity contribution in [1.29, 1.82) is 0 Å². The Morgan fingerprint density at radius 3 is 2.60 bits per heavy atom. The molecule has 7 heteroatoms. The fourth-order valence-corrected chi connectivity index (χ4v) is 2.37. The van der Waals surface area contributed by atoms with Gasteiger partial charge in [-0.05, 0) is 24.3 Å². The summed E-state index contributed by atoms with van der Waals surface area (Å²) in [4.78, 5) is 4.67. The zero-order valence-corrected chi connectivity index (χ0v) is 11.8. The van der Waals surface area contributed by atoms with Crippen LogP contribution in [0.4, 0.5) is 20.2 Å². The number of hydrogen-bond donors (Lipinski definition) is 2. The van der Waals surface area contributed by atoms with Gasteiger partial charge in [0, 0.05) is 11.1 Å². The average Bonchev–Trinajstić information content (AvgIpc) is 2.41. The second-order valence-corrected chi connectivity index (χ2v) is 5.24. The van der Waals surface area contributed by atoms with Crippen molar-refractivity contribution in [2.45, 2.75) is 10.7 Å². The third kappa shape index (κ3) is 3.64. The van der Waals surface area contributed by atoms with Crippen molar-refractivity contribution < 1.29 is 8.78 Å². The molecular weight excluding hydrogens is 300 g/mol. The molecule has 0 bridgehead atoms. The van der Waals surface area contributed by atoms with E-state index in [1.165, 1.54) is 0 Å². The molecule has 1 heterocycles. The number of rotatable bonds is 5. The summed E-state index contributed by atoms with van der Waals surface area (Å²) in [6.07, 6.45) is 1.57. The summed E-state index contributed by atoms with van der Waals surface area (Å²) in [5.74, 6) is -2.48. The van der Waals surface area contributed by atoms with Crippen LogP contribution in [0.2, 0.25) is 0 Å². The molecule has 0 aliphatic heterocycles. The Bertz CT molecular complexity index is 620. The van der Waals surface area contributed by atoms with E-state index in [2.05, 4.69) is 10.3 Å². The van der Waals surface area contributed by atoms with Crippen LogP contribution in [0.25, 0.3) is 0 Å². The summed E-state index contributed by atoms with van der Waals surface area (Å²) in [7, 11) is 0. The molecule has 0 spiro atoms. The maximum Gasteiger partial charge on any atom is 0.288 e. The summed E-state index contributed by atoms with van der Waals surface area (Å²) in [6, 6.07) is 10.2. The molecule has 0 unspecified atom stereocenters. The molecule has 1 aromatic heterocycles. The molecule has 20 heavy (non-hydrogen) atoms. The lowest BCUT2D eigenvalue weighted by Crippen LogP contribution is -2.14. The fraction of sp³-hybridized carbons (Fsp3) is 0.0769. The van der Waals surface area contributed by atoms with Gasteiger partial charge in [-0.3, -0.25) is 4.98 Å². The minimum Gasteiger partial charge on any atom is -0.388 e. The van der Waals surface area contributed by atoms with Crippen LogP contribution in [-0.4, -0.2) is 15.7 Å². The van der Waals surface area contributed by atoms with Crippen LogP contribution in [0, 0.1) is 0 Å². The molecule has 2 aromatic rings. The molecule has 0 saturated heterocycles. The van der Waals surface area contributed by atoms with Crippen LogP contribution in [0.1, 0.15) is 5.69 Å². The van der Waals surface area contributed by atoms with Gasteiger partial charge in [0.25, 0.3) is 5.76 Å². The summed E-state index contributed by atoms with van der Waals surface area (Å²) < 4.78 is 25.1. The number of nitrogens with two attached hydrogens (primary N) is 1. The number of hydrogen-bond acceptors (Lipinski definition) is 4. The van der Waals surface area contributed by atoms with Crippen molar-refractivity contribution in [2.24, 2.45) is 5.73 Å². The molecule has 0 aliphatic rings. The van der Waals surface area contributed by atoms with E-state index in [0.29, 0.717) is 33.7 Å². The predicted octanol–water partition coefficient (Wildman–Crippen LogP) is 3.77. The lowest BCUT2D eigenvalue weighted by Gasteiger charge is -2.13. The third-order valence-electron chi connectivity index (χ3n) is 2.41. The van der Waals surface area contributed by atoms with Gasteiger partial charge in [0.2, 0.25) is 0 Å². The topological polar surface area (TPSA) is 50.9 Å². The molecule has 0 radical (unpaired) electrons. The quantitative estimate of drug-likeness (QED) is 0.650. The standard InChI is InChI=1S/C13H11F2N3S2/c14-13(15)20-10-6-2-1-4-8(10)18-9-5-3-7-17-11(9)12(16)19/h1-7,13,18H,(H2,16,19). The van der Waals surface area contributed by atoms with E-state index in [9.17, 15) is 8.78 Å². The highest BCUT2D eigenvalue weighted by Gasteiger charge is 2.12. The van der Waals surface area contributed by atoms with Gasteiger partial charge in [0.15, 0.2) is 0 Å². The van der Waals surface area contributed by atoms with Gasteiger partial charge >= 0.3 is 0 Å². The highest BCUT2D eigenvalue weighted by Crippen LogP contribution is 2.33. The van der Waals surface area contributed by atoms with Gasteiger partial charge in [-0.15, -0.1) is 0 Å². The maximum atomic E-state index is 12.5. The second kappa shape index (κ2) is 6.62. The number of thioether (sulfide) groups is 1. The monoisotopic (exact) mass is 311 g/mol. The Hall–Kier alpha value is -1.73. The summed E-state index contributed by atoms with van der Waals surface area (Å²) in [5, 5.41) is 3.04. The lowest BCUT2D eigenvalue weighted by molar-refractivity contribution is 0.252. The first kappa shape index (κ1) is 14.7. The smallest absolute Gasteiger partial charge is 0.288 e. The first-order chi connectivity index (χ1) is 9.58. The normalized spacial score (nSPS) is 10.6. The van der Waals surface area contributed by atoms with E-state index in [-0.39, 0.29) is 4.99 Å². The number of benzene rings is 1. The SMILES string of the molecule is NC(=S)c1ncccc1Nc1ccccc1SC(F)F. The van der Waals surface area contributed by atoms with Crippen molar-refractivity contribution in [2.75, 3.05) is 5.32 Å². The van der Waals surface area contributed by atoms with Gasteiger partial charge < -0.3 is 11.1 Å². The second-order valence-electron chi connectivity index (χ2n) is 3.76. The molecule has 3 nitrogen and oxygen atoms in total. The van der Waals surface area contributed by atoms with Crippen LogP contribution < -0.4 is 11.1 Å². The largest absolute Gasteiger partial charge is 0.388 e. The molecule has 0 saturated carbocycles. The van der Waals surface area contributed by atoms with E-state index >= 15 is 0 Å². The van der Waals surface area contributed by atoms with Crippen LogP contribution in [0.5, 0.6) is 0 Å². The van der Waals surface area contributed by atoms with E-state index in [1.807, 2.05) is 0 Å². The summed E-state index contributed by atoms with van der Waals surface area (Å²) in [6.45, 7) is 0. The number of halogens is 2. The van der Waals surface area contributed by atoms with Gasteiger partial charge in [-0.2, -0.15) is 8.78 Å². The minimum absolute atomic E-state index is 0.145. The Labute approximate surface area is 124 Å². The number of alkyl halides is 2. The van der Waals surface area contributed by atoms with Gasteiger partial charge in [-0.1, -0.05) is 36.1 Å². The highest BCUT2D eigenvalue weighted by molar-refractivity contribution is 7.99. The van der Waals surface area contributed by atoms with Crippen molar-refractivity contribution in [3.63, 3.8) is 0 Å². The van der Waals surface area contributed by atoms with E-state index in [4.69, 9.17) is 18.0 Å². The van der Waals surface area contributed by atoms with Crippen molar-refractivity contribution in [1.82, 2.24) is 4.98 Å². The molecular formula is C13H11F2N3S2. The zero-order chi connectivity index (χ0) is 14.5. The Balaban J connectivity index is 2.33. The number of pyridine rings is 1. The molecule has 3 N–H and O–H groups in total. The number of nitrogens with zero attached hydrogens (tertiary/aromatic N) is 1. The number of para-hydroxylation sites is 1. The molecule has 0 fully saturated rings. The Kier molecular flexibility index (Phi) is 4.86. The lowest BCUT2D eigenvalue weighted by atomic mass is 10.2. The molecule has 0 aliphatic carbocycles. The van der Waals surface area contributed by atoms with Gasteiger partial charge in [0.05, 0.1) is 11.4 Å². The van der Waals surface area contributed by atoms with Gasteiger partial charge in [0.1, 0.15) is 10.7 Å². The van der Waals surface area contributed by atoms with Crippen molar-refractivity contribution in [3.8, 4) is 0 Å². The molecule has 0 atom stereocenters. The maximum absolute atomic E-state index is 12.5. The zero-order valence-electron chi connectivity index (χ0n) is 10.2. The summed E-state index contributed by atoms with van der Waals surface area (Å²) in [5.41, 5.74) is 7.16. The number of thiocarbonyl (C=S) groups is 1. The molecule has 2 rings (SSSR count). The first-order valence-corrected chi connectivity index (χ1v) is 6.92. The summed E-state index contributed by atoms with van der Waals surface area (Å²) >= 11 is 5.40. The van der Waals surface area contributed by atoms with E-state index in [0.717, 1.165) is 0 Å². The van der Waals surface area contributed by atoms with Crippen LogP contribution in [-0.2, 0) is 0 Å². The minimum atomic E-state index is -2.48. The van der Waals surface area contributed by atoms with E-state index < -0.39 is 5.76 Å². The highest BCUT2D eigenvalue weighted by atomic mass is 32.2. The Morgan fingerprint density at radius 2 is 1.90 bits per heavy atom. The Morgan fingerprint density at radius 1 is 1.20 bits per heavy atom.